The van der Waals surface area contributed by atoms with Gasteiger partial charge in [0, 0.05) is 11.8 Å². The maximum Gasteiger partial charge on any atom is 0.416 e. The van der Waals surface area contributed by atoms with Crippen molar-refractivity contribution in [2.75, 3.05) is 23.1 Å². The molecule has 0 N–H and O–H groups in total. The Kier molecular flexibility index (Phi) is 5.78. The Morgan fingerprint density at radius 2 is 1.64 bits per heavy atom. The van der Waals surface area contributed by atoms with Gasteiger partial charge in [-0.1, -0.05) is 17.7 Å². The number of nitrogens with zero attached hydrogens (tertiary/aromatic N) is 3. The Morgan fingerprint density at radius 1 is 0.939 bits per heavy atom. The summed E-state index contributed by atoms with van der Waals surface area (Å²) in [5, 5.41) is 0. The number of carbonyl (C=O) groups is 1. The van der Waals surface area contributed by atoms with Crippen LogP contribution in [-0.4, -0.2) is 24.2 Å². The van der Waals surface area contributed by atoms with E-state index in [4.69, 9.17) is 4.74 Å². The molecule has 0 saturated carbocycles. The first-order valence-corrected chi connectivity index (χ1v) is 10.6. The van der Waals surface area contributed by atoms with Gasteiger partial charge >= 0.3 is 6.18 Å². The molecular weight excluding hydrogens is 431 g/mol. The lowest BCUT2D eigenvalue weighted by molar-refractivity contribution is -0.137. The molecule has 0 unspecified atom stereocenters. The first-order chi connectivity index (χ1) is 15.6. The molecule has 172 valence electrons. The predicted octanol–water partition coefficient (Wildman–Crippen LogP) is 6.18. The number of aromatic nitrogens is 1. The number of benzene rings is 2. The van der Waals surface area contributed by atoms with Gasteiger partial charge in [-0.15, -0.1) is 0 Å². The van der Waals surface area contributed by atoms with Crippen molar-refractivity contribution < 1.29 is 22.7 Å². The van der Waals surface area contributed by atoms with Crippen LogP contribution in [0.3, 0.4) is 0 Å². The fourth-order valence-corrected chi connectivity index (χ4v) is 4.08. The zero-order valence-corrected chi connectivity index (χ0v) is 18.8. The molecule has 0 atom stereocenters. The largest absolute Gasteiger partial charge is 0.478 e. The molecule has 5 nitrogen and oxygen atoms in total. The average molecular weight is 455 g/mol. The summed E-state index contributed by atoms with van der Waals surface area (Å²) < 4.78 is 45.8. The highest BCUT2D eigenvalue weighted by molar-refractivity contribution is 6.13. The number of halogens is 3. The summed E-state index contributed by atoms with van der Waals surface area (Å²) in [6, 6.07) is 10.9. The summed E-state index contributed by atoms with van der Waals surface area (Å²) in [6.07, 6.45) is -3.03. The van der Waals surface area contributed by atoms with Gasteiger partial charge in [0.15, 0.2) is 0 Å². The quantitative estimate of drug-likeness (QED) is 0.471. The van der Waals surface area contributed by atoms with Crippen LogP contribution in [0.15, 0.2) is 48.7 Å². The summed E-state index contributed by atoms with van der Waals surface area (Å²) in [5.74, 6) is -0.0830. The van der Waals surface area contributed by atoms with Crippen LogP contribution in [0.2, 0.25) is 0 Å². The molecule has 0 fully saturated rings. The van der Waals surface area contributed by atoms with E-state index in [2.05, 4.69) is 4.98 Å². The molecule has 0 saturated heterocycles. The van der Waals surface area contributed by atoms with E-state index in [1.807, 2.05) is 50.8 Å². The van der Waals surface area contributed by atoms with Gasteiger partial charge in [0.2, 0.25) is 5.88 Å². The third-order valence-corrected chi connectivity index (χ3v) is 5.66. The summed E-state index contributed by atoms with van der Waals surface area (Å²) in [7, 11) is 0. The molecule has 2 heterocycles. The van der Waals surface area contributed by atoms with E-state index in [0.29, 0.717) is 23.9 Å². The summed E-state index contributed by atoms with van der Waals surface area (Å²) in [4.78, 5) is 21.0. The van der Waals surface area contributed by atoms with Gasteiger partial charge in [0.05, 0.1) is 35.3 Å². The third kappa shape index (κ3) is 4.25. The number of pyridine rings is 1. The lowest BCUT2D eigenvalue weighted by Crippen LogP contribution is -2.45. The number of hydrogen-bond acceptors (Lipinski definition) is 4. The Labute approximate surface area is 190 Å². The minimum absolute atomic E-state index is 0.00988. The Morgan fingerprint density at radius 3 is 2.27 bits per heavy atom. The smallest absolute Gasteiger partial charge is 0.416 e. The lowest BCUT2D eigenvalue weighted by Gasteiger charge is -2.39. The van der Waals surface area contributed by atoms with E-state index in [-0.39, 0.29) is 12.2 Å². The van der Waals surface area contributed by atoms with Crippen molar-refractivity contribution in [3.05, 3.63) is 76.5 Å². The number of alkyl halides is 3. The van der Waals surface area contributed by atoms with Crippen molar-refractivity contribution in [3.63, 3.8) is 0 Å². The van der Waals surface area contributed by atoms with Crippen molar-refractivity contribution in [2.24, 2.45) is 0 Å². The van der Waals surface area contributed by atoms with Crippen molar-refractivity contribution in [3.8, 4) is 5.88 Å². The molecule has 1 aliphatic heterocycles. The standard InChI is InChI=1S/C25H24F3N3O2/c1-5-33-23-11-17(4)22(13-29-23)31-14-30(20-8-6-15(2)10-16(20)3)21-9-7-18(25(26,27)28)12-19(21)24(31)32/h6-13H,5,14H2,1-4H3. The Balaban J connectivity index is 1.87. The summed E-state index contributed by atoms with van der Waals surface area (Å²) >= 11 is 0. The summed E-state index contributed by atoms with van der Waals surface area (Å²) in [6.45, 7) is 8.16. The number of rotatable bonds is 4. The topological polar surface area (TPSA) is 45.7 Å². The van der Waals surface area contributed by atoms with Crippen LogP contribution in [0.25, 0.3) is 0 Å². The maximum absolute atomic E-state index is 13.5. The Bertz CT molecular complexity index is 1220. The number of aryl methyl sites for hydroxylation is 3. The minimum Gasteiger partial charge on any atom is -0.478 e. The molecular formula is C25H24F3N3O2. The van der Waals surface area contributed by atoms with Gasteiger partial charge in [-0.2, -0.15) is 13.2 Å². The second kappa shape index (κ2) is 8.42. The second-order valence-corrected chi connectivity index (χ2v) is 8.06. The van der Waals surface area contributed by atoms with Gasteiger partial charge in [0.25, 0.3) is 5.91 Å². The molecule has 8 heteroatoms. The molecule has 0 bridgehead atoms. The summed E-state index contributed by atoms with van der Waals surface area (Å²) in [5.41, 5.74) is 3.66. The minimum atomic E-state index is -4.56. The van der Waals surface area contributed by atoms with Crippen LogP contribution in [0.4, 0.5) is 30.2 Å². The normalized spacial score (nSPS) is 13.8. The molecule has 1 amide bonds. The third-order valence-electron chi connectivity index (χ3n) is 5.66. The van der Waals surface area contributed by atoms with Crippen LogP contribution >= 0.6 is 0 Å². The van der Waals surface area contributed by atoms with E-state index in [1.54, 1.807) is 6.07 Å². The second-order valence-electron chi connectivity index (χ2n) is 8.06. The number of anilines is 3. The van der Waals surface area contributed by atoms with Crippen molar-refractivity contribution in [1.29, 1.82) is 0 Å². The van der Waals surface area contributed by atoms with Gasteiger partial charge in [-0.05, 0) is 63.1 Å². The molecule has 1 aromatic heterocycles. The van der Waals surface area contributed by atoms with E-state index < -0.39 is 17.6 Å². The molecule has 0 spiro atoms. The number of fused-ring (bicyclic) bond motifs is 1. The molecule has 0 radical (unpaired) electrons. The first-order valence-electron chi connectivity index (χ1n) is 10.6. The number of hydrogen-bond donors (Lipinski definition) is 0. The monoisotopic (exact) mass is 455 g/mol. The van der Waals surface area contributed by atoms with Crippen LogP contribution in [0.1, 0.15) is 39.5 Å². The fraction of sp³-hybridized carbons (Fsp3) is 0.280. The molecule has 2 aromatic carbocycles. The number of amides is 1. The maximum atomic E-state index is 13.5. The molecule has 1 aliphatic rings. The molecule has 3 aromatic rings. The van der Waals surface area contributed by atoms with Crippen LogP contribution < -0.4 is 14.5 Å². The average Bonchev–Trinajstić information content (AvgIpc) is 2.75. The lowest BCUT2D eigenvalue weighted by atomic mass is 10.0. The van der Waals surface area contributed by atoms with Gasteiger partial charge in [0.1, 0.15) is 6.67 Å². The first kappa shape index (κ1) is 22.6. The van der Waals surface area contributed by atoms with Crippen molar-refractivity contribution in [2.45, 2.75) is 33.9 Å². The SMILES string of the molecule is CCOc1cc(C)c(N2CN(c3ccc(C)cc3C)c3ccc(C(F)(F)F)cc3C2=O)cn1. The highest BCUT2D eigenvalue weighted by Gasteiger charge is 2.37. The van der Waals surface area contributed by atoms with Crippen molar-refractivity contribution >= 4 is 23.0 Å². The predicted molar refractivity (Wildman–Crippen MR) is 121 cm³/mol. The van der Waals surface area contributed by atoms with Crippen LogP contribution in [0.5, 0.6) is 5.88 Å². The van der Waals surface area contributed by atoms with Crippen molar-refractivity contribution in [1.82, 2.24) is 4.98 Å². The van der Waals surface area contributed by atoms with Gasteiger partial charge in [-0.3, -0.25) is 9.69 Å². The number of carbonyl (C=O) groups excluding carboxylic acids is 1. The van der Waals surface area contributed by atoms with Gasteiger partial charge in [-0.25, -0.2) is 4.98 Å². The van der Waals surface area contributed by atoms with E-state index in [0.717, 1.165) is 34.5 Å². The van der Waals surface area contributed by atoms with Crippen LogP contribution in [-0.2, 0) is 6.18 Å². The fourth-order valence-electron chi connectivity index (χ4n) is 4.08. The Hall–Kier alpha value is -3.55. The van der Waals surface area contributed by atoms with E-state index in [1.165, 1.54) is 17.2 Å². The number of ether oxygens (including phenoxy) is 1. The molecule has 0 aliphatic carbocycles. The van der Waals surface area contributed by atoms with E-state index in [9.17, 15) is 18.0 Å². The molecule has 33 heavy (non-hydrogen) atoms. The van der Waals surface area contributed by atoms with E-state index >= 15 is 0 Å². The highest BCUT2D eigenvalue weighted by atomic mass is 19.4. The zero-order chi connectivity index (χ0) is 23.9. The van der Waals surface area contributed by atoms with Gasteiger partial charge < -0.3 is 9.64 Å². The van der Waals surface area contributed by atoms with Crippen LogP contribution in [0, 0.1) is 20.8 Å². The zero-order valence-electron chi connectivity index (χ0n) is 18.8. The highest BCUT2D eigenvalue weighted by Crippen LogP contribution is 2.40. The molecule has 4 rings (SSSR count).